The van der Waals surface area contributed by atoms with Crippen LogP contribution in [-0.4, -0.2) is 73.6 Å². The summed E-state index contributed by atoms with van der Waals surface area (Å²) in [5.74, 6) is -0.831. The molecule has 0 atom stereocenters. The van der Waals surface area contributed by atoms with Gasteiger partial charge in [-0.3, -0.25) is 28.5 Å². The zero-order valence-electron chi connectivity index (χ0n) is 22.6. The molecule has 0 bridgehead atoms. The number of benzene rings is 1. The maximum Gasteiger partial charge on any atom is 0.475 e. The monoisotopic (exact) mass is 707 g/mol. The fraction of sp³-hybridized carbons (Fsp3) is 0.682. The third-order valence-corrected chi connectivity index (χ3v) is 8.25. The molecule has 16 heteroatoms. The van der Waals surface area contributed by atoms with Gasteiger partial charge in [-0.25, -0.2) is 13.0 Å². The van der Waals surface area contributed by atoms with E-state index < -0.39 is 45.4 Å². The summed E-state index contributed by atoms with van der Waals surface area (Å²) in [7, 11) is -7.89. The van der Waals surface area contributed by atoms with Gasteiger partial charge in [-0.05, 0) is 47.6 Å². The number of sulfone groups is 1. The first kappa shape index (κ1) is 34.9. The zero-order chi connectivity index (χ0) is 29.5. The second-order valence-electron chi connectivity index (χ2n) is 10.2. The van der Waals surface area contributed by atoms with Crippen LogP contribution in [0.25, 0.3) is 0 Å². The number of amides is 1. The summed E-state index contributed by atoms with van der Waals surface area (Å²) < 4.78 is 54.5. The minimum Gasteiger partial charge on any atom is -0.369 e. The molecule has 0 aliphatic carbocycles. The molecule has 0 aliphatic heterocycles. The first-order chi connectivity index (χ1) is 17.2. The first-order valence-corrected chi connectivity index (χ1v) is 17.2. The molecule has 0 spiro atoms. The van der Waals surface area contributed by atoms with E-state index in [9.17, 15) is 27.9 Å². The quantitative estimate of drug-likeness (QED) is 0.0910. The Bertz CT molecular complexity index is 1130. The van der Waals surface area contributed by atoms with E-state index in [1.165, 1.54) is 6.07 Å². The van der Waals surface area contributed by atoms with Gasteiger partial charge in [-0.1, -0.05) is 31.9 Å². The molecule has 0 unspecified atom stereocenters. The summed E-state index contributed by atoms with van der Waals surface area (Å²) in [6.45, 7) is 10.4. The number of halogens is 2. The number of nitro groups is 1. The Hall–Kier alpha value is -1.09. The number of hydrogen-bond donors (Lipinski definition) is 1. The van der Waals surface area contributed by atoms with Crippen molar-refractivity contribution in [1.82, 2.24) is 5.32 Å². The van der Waals surface area contributed by atoms with E-state index in [4.69, 9.17) is 13.6 Å². The lowest BCUT2D eigenvalue weighted by atomic mass is 10.1. The highest BCUT2D eigenvalue weighted by Gasteiger charge is 2.37. The lowest BCUT2D eigenvalue weighted by molar-refractivity contribution is -0.385. The maximum atomic E-state index is 13.1. The van der Waals surface area contributed by atoms with Crippen LogP contribution in [0.3, 0.4) is 0 Å². The SMILES string of the molecule is CC(C)(C)OP(=O)(OCCNC(=O)c1cc(N(CCBr)CCBr)c(S(C)(=O)=O)cc1[N+](=O)[O-])OC(C)(C)C. The van der Waals surface area contributed by atoms with Gasteiger partial charge >= 0.3 is 7.82 Å². The summed E-state index contributed by atoms with van der Waals surface area (Å²) in [5, 5.41) is 15.3. The number of anilines is 1. The third-order valence-electron chi connectivity index (χ3n) is 4.38. The Kier molecular flexibility index (Phi) is 12.9. The Balaban J connectivity index is 3.28. The van der Waals surface area contributed by atoms with Crippen molar-refractivity contribution in [2.75, 3.05) is 48.1 Å². The van der Waals surface area contributed by atoms with Gasteiger partial charge in [0.05, 0.1) is 33.3 Å². The minimum atomic E-state index is -4.02. The van der Waals surface area contributed by atoms with Crippen molar-refractivity contribution in [2.45, 2.75) is 57.6 Å². The molecule has 1 rings (SSSR count). The highest BCUT2D eigenvalue weighted by atomic mass is 79.9. The minimum absolute atomic E-state index is 0.167. The summed E-state index contributed by atoms with van der Waals surface area (Å²) >= 11 is 6.64. The molecular formula is C22H36Br2N3O9PS. The Morgan fingerprint density at radius 2 is 1.58 bits per heavy atom. The summed E-state index contributed by atoms with van der Waals surface area (Å²) in [4.78, 5) is 25.4. The number of carbonyl (C=O) groups excluding carboxylic acids is 1. The van der Waals surface area contributed by atoms with Gasteiger partial charge in [0.1, 0.15) is 5.56 Å². The molecule has 218 valence electrons. The van der Waals surface area contributed by atoms with E-state index in [0.29, 0.717) is 23.7 Å². The van der Waals surface area contributed by atoms with Gasteiger partial charge in [0.25, 0.3) is 11.6 Å². The van der Waals surface area contributed by atoms with Crippen LogP contribution in [-0.2, 0) is 28.0 Å². The van der Waals surface area contributed by atoms with Crippen LogP contribution in [0.15, 0.2) is 17.0 Å². The number of rotatable bonds is 14. The van der Waals surface area contributed by atoms with Crippen molar-refractivity contribution in [3.8, 4) is 0 Å². The normalized spacial score (nSPS) is 12.9. The highest BCUT2D eigenvalue weighted by molar-refractivity contribution is 9.09. The predicted octanol–water partition coefficient (Wildman–Crippen LogP) is 5.08. The van der Waals surface area contributed by atoms with Gasteiger partial charge in [-0.15, -0.1) is 0 Å². The van der Waals surface area contributed by atoms with E-state index in [1.807, 2.05) is 0 Å². The molecule has 1 N–H and O–H groups in total. The molecule has 1 amide bonds. The Morgan fingerprint density at radius 1 is 1.08 bits per heavy atom. The van der Waals surface area contributed by atoms with E-state index >= 15 is 0 Å². The van der Waals surface area contributed by atoms with Crippen LogP contribution in [0.1, 0.15) is 51.9 Å². The predicted molar refractivity (Wildman–Crippen MR) is 154 cm³/mol. The Labute approximate surface area is 241 Å². The lowest BCUT2D eigenvalue weighted by Crippen LogP contribution is -2.31. The van der Waals surface area contributed by atoms with Gasteiger partial charge in [0, 0.05) is 42.6 Å². The van der Waals surface area contributed by atoms with Crippen LogP contribution in [0.5, 0.6) is 0 Å². The molecule has 1 aromatic rings. The third kappa shape index (κ3) is 11.6. The molecule has 38 heavy (non-hydrogen) atoms. The van der Waals surface area contributed by atoms with Crippen molar-refractivity contribution in [3.63, 3.8) is 0 Å². The van der Waals surface area contributed by atoms with E-state index in [1.54, 1.807) is 46.4 Å². The van der Waals surface area contributed by atoms with Crippen LogP contribution in [0.2, 0.25) is 0 Å². The zero-order valence-corrected chi connectivity index (χ0v) is 27.5. The highest BCUT2D eigenvalue weighted by Crippen LogP contribution is 2.55. The lowest BCUT2D eigenvalue weighted by Gasteiger charge is -2.30. The second-order valence-corrected chi connectivity index (χ2v) is 15.3. The number of nitrogens with one attached hydrogen (secondary N) is 1. The molecule has 0 heterocycles. The van der Waals surface area contributed by atoms with Crippen molar-refractivity contribution in [2.24, 2.45) is 0 Å². The van der Waals surface area contributed by atoms with Crippen molar-refractivity contribution >= 4 is 66.8 Å². The van der Waals surface area contributed by atoms with Crippen molar-refractivity contribution < 1.29 is 36.3 Å². The number of hydrogen-bond acceptors (Lipinski definition) is 10. The molecule has 0 aromatic heterocycles. The van der Waals surface area contributed by atoms with E-state index in [-0.39, 0.29) is 29.3 Å². The molecule has 0 radical (unpaired) electrons. The number of phosphoric acid groups is 1. The number of carbonyl (C=O) groups is 1. The molecule has 1 aromatic carbocycles. The fourth-order valence-electron chi connectivity index (χ4n) is 3.15. The van der Waals surface area contributed by atoms with Gasteiger partial charge in [0.2, 0.25) is 0 Å². The second kappa shape index (κ2) is 14.0. The molecule has 12 nitrogen and oxygen atoms in total. The molecule has 0 fully saturated rings. The average Bonchev–Trinajstić information content (AvgIpc) is 2.72. The average molecular weight is 709 g/mol. The number of alkyl halides is 2. The molecular weight excluding hydrogens is 673 g/mol. The van der Waals surface area contributed by atoms with E-state index in [2.05, 4.69) is 37.2 Å². The van der Waals surface area contributed by atoms with E-state index in [0.717, 1.165) is 12.3 Å². The topological polar surface area (TPSA) is 154 Å². The number of nitrogens with zero attached hydrogens (tertiary/aromatic N) is 2. The first-order valence-electron chi connectivity index (χ1n) is 11.6. The number of nitro benzene ring substituents is 1. The summed E-state index contributed by atoms with van der Waals surface area (Å²) in [6.07, 6.45) is 0.949. The fourth-order valence-corrected chi connectivity index (χ4v) is 6.70. The molecule has 0 aliphatic rings. The van der Waals surface area contributed by atoms with Crippen molar-refractivity contribution in [3.05, 3.63) is 27.8 Å². The number of phosphoric ester groups is 1. The maximum absolute atomic E-state index is 13.1. The van der Waals surface area contributed by atoms with Gasteiger partial charge in [-0.2, -0.15) is 0 Å². The van der Waals surface area contributed by atoms with Crippen LogP contribution < -0.4 is 10.2 Å². The van der Waals surface area contributed by atoms with Gasteiger partial charge in [0.15, 0.2) is 9.84 Å². The molecule has 0 saturated heterocycles. The van der Waals surface area contributed by atoms with Crippen LogP contribution in [0.4, 0.5) is 11.4 Å². The largest absolute Gasteiger partial charge is 0.475 e. The summed E-state index contributed by atoms with van der Waals surface area (Å²) in [5.41, 5.74) is -2.52. The van der Waals surface area contributed by atoms with Crippen LogP contribution >= 0.6 is 39.7 Å². The van der Waals surface area contributed by atoms with Gasteiger partial charge < -0.3 is 10.2 Å². The standard InChI is InChI=1S/C22H36Br2N3O9PS/c1-21(2,3)35-37(31,36-22(4,5)6)34-13-10-25-20(28)16-14-18(26(11-8-23)12-9-24)19(38(7,32)33)15-17(16)27(29)30/h14-15H,8-13H2,1-7H3,(H,25,28). The molecule has 0 saturated carbocycles. The smallest absolute Gasteiger partial charge is 0.369 e. The van der Waals surface area contributed by atoms with Crippen molar-refractivity contribution in [1.29, 1.82) is 0 Å². The van der Waals surface area contributed by atoms with Crippen LogP contribution in [0, 0.1) is 10.1 Å². The Morgan fingerprint density at radius 3 is 1.97 bits per heavy atom. The summed E-state index contributed by atoms with van der Waals surface area (Å²) in [6, 6.07) is 2.10.